The van der Waals surface area contributed by atoms with Crippen molar-refractivity contribution in [3.05, 3.63) is 52.0 Å². The molecule has 0 radical (unpaired) electrons. The number of nitrogens with two attached hydrogens (primary N) is 1. The Bertz CT molecular complexity index is 858. The van der Waals surface area contributed by atoms with Gasteiger partial charge in [-0.05, 0) is 36.8 Å². The second-order valence-electron chi connectivity index (χ2n) is 4.52. The first-order valence-electron chi connectivity index (χ1n) is 6.05. The number of rotatable bonds is 1. The van der Waals surface area contributed by atoms with E-state index in [9.17, 15) is 5.26 Å². The number of aromatic nitrogens is 2. The van der Waals surface area contributed by atoms with E-state index in [0.717, 1.165) is 26.8 Å². The van der Waals surface area contributed by atoms with Gasteiger partial charge in [-0.1, -0.05) is 28.1 Å². The minimum atomic E-state index is 0.383. The van der Waals surface area contributed by atoms with Gasteiger partial charge in [0.2, 0.25) is 5.95 Å². The number of aryl methyl sites for hydroxylation is 1. The first-order valence-corrected chi connectivity index (χ1v) is 6.84. The lowest BCUT2D eigenvalue weighted by atomic mass is 10.1. The first kappa shape index (κ1) is 12.7. The summed E-state index contributed by atoms with van der Waals surface area (Å²) in [5.41, 5.74) is 10.2. The first-order chi connectivity index (χ1) is 9.61. The van der Waals surface area contributed by atoms with Crippen LogP contribution in [0.1, 0.15) is 11.1 Å². The molecule has 0 atom stereocenters. The van der Waals surface area contributed by atoms with Gasteiger partial charge in [-0.3, -0.25) is 4.57 Å². The molecule has 2 aromatic carbocycles. The molecule has 0 saturated carbocycles. The lowest BCUT2D eigenvalue weighted by Crippen LogP contribution is -2.02. The Balaban J connectivity index is 2.39. The topological polar surface area (TPSA) is 67.6 Å². The van der Waals surface area contributed by atoms with E-state index >= 15 is 0 Å². The molecule has 98 valence electrons. The maximum atomic E-state index is 9.31. The van der Waals surface area contributed by atoms with Crippen LogP contribution in [0, 0.1) is 18.3 Å². The molecule has 1 aromatic heterocycles. The highest BCUT2D eigenvalue weighted by Gasteiger charge is 2.14. The van der Waals surface area contributed by atoms with Gasteiger partial charge in [0.15, 0.2) is 0 Å². The Morgan fingerprint density at radius 3 is 2.85 bits per heavy atom. The Kier molecular flexibility index (Phi) is 2.96. The number of halogens is 1. The van der Waals surface area contributed by atoms with Crippen LogP contribution in [0.15, 0.2) is 40.9 Å². The number of imidazole rings is 1. The van der Waals surface area contributed by atoms with Crippen molar-refractivity contribution >= 4 is 32.9 Å². The highest BCUT2D eigenvalue weighted by atomic mass is 79.9. The molecular formula is C15H11BrN4. The van der Waals surface area contributed by atoms with Crippen LogP contribution in [0.4, 0.5) is 5.95 Å². The molecule has 0 aliphatic heterocycles. The van der Waals surface area contributed by atoms with Crippen LogP contribution in [-0.2, 0) is 0 Å². The van der Waals surface area contributed by atoms with Gasteiger partial charge in [-0.2, -0.15) is 5.26 Å². The van der Waals surface area contributed by atoms with E-state index in [1.807, 2.05) is 41.8 Å². The van der Waals surface area contributed by atoms with Gasteiger partial charge >= 0.3 is 0 Å². The molecule has 0 aliphatic rings. The van der Waals surface area contributed by atoms with E-state index in [1.165, 1.54) is 0 Å². The SMILES string of the molecule is Cc1cccc2c1nc(N)n2-c1ccc(Br)cc1C#N. The molecule has 0 fully saturated rings. The normalized spacial score (nSPS) is 10.7. The fraction of sp³-hybridized carbons (Fsp3) is 0.0667. The molecule has 2 N–H and O–H groups in total. The average molecular weight is 327 g/mol. The summed E-state index contributed by atoms with van der Waals surface area (Å²) in [6, 6.07) is 13.6. The maximum absolute atomic E-state index is 9.31. The summed E-state index contributed by atoms with van der Waals surface area (Å²) in [5.74, 6) is 0.383. The molecule has 0 amide bonds. The number of nitrogens with zero attached hydrogens (tertiary/aromatic N) is 3. The van der Waals surface area contributed by atoms with E-state index in [-0.39, 0.29) is 0 Å². The molecule has 4 nitrogen and oxygen atoms in total. The van der Waals surface area contributed by atoms with Crippen molar-refractivity contribution in [2.75, 3.05) is 5.73 Å². The quantitative estimate of drug-likeness (QED) is 0.743. The zero-order valence-electron chi connectivity index (χ0n) is 10.8. The van der Waals surface area contributed by atoms with Gasteiger partial charge in [-0.25, -0.2) is 4.98 Å². The van der Waals surface area contributed by atoms with Gasteiger partial charge in [0, 0.05) is 4.47 Å². The summed E-state index contributed by atoms with van der Waals surface area (Å²) in [6.07, 6.45) is 0. The standard InChI is InChI=1S/C15H11BrN4/c1-9-3-2-4-13-14(9)19-15(18)20(13)12-6-5-11(16)7-10(12)8-17/h2-7H,1H3,(H2,18,19). The number of benzene rings is 2. The molecule has 0 bridgehead atoms. The van der Waals surface area contributed by atoms with Gasteiger partial charge in [-0.15, -0.1) is 0 Å². The number of nitrogen functional groups attached to an aromatic ring is 1. The molecule has 5 heteroatoms. The fourth-order valence-electron chi connectivity index (χ4n) is 2.30. The molecule has 3 aromatic rings. The van der Waals surface area contributed by atoms with Gasteiger partial charge in [0.25, 0.3) is 0 Å². The summed E-state index contributed by atoms with van der Waals surface area (Å²) in [6.45, 7) is 1.99. The Hall–Kier alpha value is -2.32. The van der Waals surface area contributed by atoms with E-state index in [0.29, 0.717) is 11.5 Å². The molecule has 0 spiro atoms. The third-order valence-electron chi connectivity index (χ3n) is 3.23. The van der Waals surface area contributed by atoms with Crippen molar-refractivity contribution < 1.29 is 0 Å². The van der Waals surface area contributed by atoms with E-state index in [2.05, 4.69) is 27.0 Å². The summed E-state index contributed by atoms with van der Waals surface area (Å²) in [5, 5.41) is 9.31. The van der Waals surface area contributed by atoms with E-state index < -0.39 is 0 Å². The molecule has 1 heterocycles. The number of hydrogen-bond acceptors (Lipinski definition) is 3. The largest absolute Gasteiger partial charge is 0.369 e. The highest BCUT2D eigenvalue weighted by molar-refractivity contribution is 9.10. The van der Waals surface area contributed by atoms with Crippen LogP contribution < -0.4 is 5.73 Å². The van der Waals surface area contributed by atoms with Crippen LogP contribution in [0.25, 0.3) is 16.7 Å². The van der Waals surface area contributed by atoms with E-state index in [1.54, 1.807) is 6.07 Å². The Morgan fingerprint density at radius 2 is 2.10 bits per heavy atom. The number of nitriles is 1. The number of fused-ring (bicyclic) bond motifs is 1. The smallest absolute Gasteiger partial charge is 0.205 e. The Morgan fingerprint density at radius 1 is 1.30 bits per heavy atom. The van der Waals surface area contributed by atoms with Gasteiger partial charge in [0.1, 0.15) is 6.07 Å². The minimum absolute atomic E-state index is 0.383. The lowest BCUT2D eigenvalue weighted by Gasteiger charge is -2.09. The van der Waals surface area contributed by atoms with Gasteiger partial charge in [0.05, 0.1) is 22.3 Å². The third kappa shape index (κ3) is 1.86. The average Bonchev–Trinajstić information content (AvgIpc) is 2.77. The molecule has 20 heavy (non-hydrogen) atoms. The summed E-state index contributed by atoms with van der Waals surface area (Å²) in [7, 11) is 0. The number of anilines is 1. The van der Waals surface area contributed by atoms with Crippen molar-refractivity contribution in [3.8, 4) is 11.8 Å². The van der Waals surface area contributed by atoms with Crippen molar-refractivity contribution in [2.24, 2.45) is 0 Å². The zero-order valence-corrected chi connectivity index (χ0v) is 12.3. The summed E-state index contributed by atoms with van der Waals surface area (Å²) in [4.78, 5) is 4.41. The van der Waals surface area contributed by atoms with Crippen molar-refractivity contribution in [2.45, 2.75) is 6.92 Å². The predicted molar refractivity (Wildman–Crippen MR) is 82.6 cm³/mol. The van der Waals surface area contributed by atoms with Crippen molar-refractivity contribution in [3.63, 3.8) is 0 Å². The number of hydrogen-bond donors (Lipinski definition) is 1. The number of para-hydroxylation sites is 1. The molecule has 0 unspecified atom stereocenters. The van der Waals surface area contributed by atoms with Crippen molar-refractivity contribution in [1.29, 1.82) is 5.26 Å². The van der Waals surface area contributed by atoms with Crippen molar-refractivity contribution in [1.82, 2.24) is 9.55 Å². The second-order valence-corrected chi connectivity index (χ2v) is 5.44. The third-order valence-corrected chi connectivity index (χ3v) is 3.73. The fourth-order valence-corrected chi connectivity index (χ4v) is 2.66. The van der Waals surface area contributed by atoms with Crippen LogP contribution >= 0.6 is 15.9 Å². The zero-order chi connectivity index (χ0) is 14.3. The van der Waals surface area contributed by atoms with Crippen LogP contribution in [0.3, 0.4) is 0 Å². The van der Waals surface area contributed by atoms with Crippen LogP contribution in [0.5, 0.6) is 0 Å². The predicted octanol–water partition coefficient (Wildman–Crippen LogP) is 3.55. The van der Waals surface area contributed by atoms with Crippen LogP contribution in [-0.4, -0.2) is 9.55 Å². The molecule has 0 saturated heterocycles. The monoisotopic (exact) mass is 326 g/mol. The van der Waals surface area contributed by atoms with E-state index in [4.69, 9.17) is 5.73 Å². The second kappa shape index (κ2) is 4.66. The Labute approximate surface area is 124 Å². The summed E-state index contributed by atoms with van der Waals surface area (Å²) < 4.78 is 2.67. The minimum Gasteiger partial charge on any atom is -0.369 e. The van der Waals surface area contributed by atoms with Crippen LogP contribution in [0.2, 0.25) is 0 Å². The lowest BCUT2D eigenvalue weighted by molar-refractivity contribution is 1.10. The van der Waals surface area contributed by atoms with Gasteiger partial charge < -0.3 is 5.73 Å². The molecular weight excluding hydrogens is 316 g/mol. The summed E-state index contributed by atoms with van der Waals surface area (Å²) >= 11 is 3.37. The molecule has 3 rings (SSSR count). The highest BCUT2D eigenvalue weighted by Crippen LogP contribution is 2.28. The molecule has 0 aliphatic carbocycles. The maximum Gasteiger partial charge on any atom is 0.205 e.